The molecule has 1 aromatic carbocycles. The first-order valence-corrected chi connectivity index (χ1v) is 16.7. The van der Waals surface area contributed by atoms with Crippen LogP contribution in [0.2, 0.25) is 0 Å². The van der Waals surface area contributed by atoms with E-state index in [9.17, 15) is 24.5 Å². The fourth-order valence-electron chi connectivity index (χ4n) is 5.02. The summed E-state index contributed by atoms with van der Waals surface area (Å²) in [5.41, 5.74) is 12.3. The molecule has 1 aromatic rings. The third kappa shape index (κ3) is 16.4. The van der Waals surface area contributed by atoms with Crippen LogP contribution in [0.5, 0.6) is 11.5 Å². The third-order valence-corrected chi connectivity index (χ3v) is 8.42. The Morgan fingerprint density at radius 2 is 1.63 bits per heavy atom. The van der Waals surface area contributed by atoms with E-state index in [0.717, 1.165) is 12.0 Å². The molecular weight excluding hydrogens is 640 g/mol. The Bertz CT molecular complexity index is 1180. The van der Waals surface area contributed by atoms with Crippen LogP contribution in [0, 0.1) is 39.2 Å². The highest BCUT2D eigenvalue weighted by Crippen LogP contribution is 2.32. The lowest BCUT2D eigenvalue weighted by Crippen LogP contribution is -2.47. The number of rotatable bonds is 25. The molecule has 15 heteroatoms. The molecule has 2 amide bonds. The highest BCUT2D eigenvalue weighted by molar-refractivity contribution is 5.83. The van der Waals surface area contributed by atoms with Gasteiger partial charge in [0.1, 0.15) is 6.10 Å². The molecule has 0 spiro atoms. The first kappa shape index (κ1) is 43.2. The number of nitrogens with zero attached hydrogens (tertiary/aromatic N) is 1. The fraction of sp³-hybridized carbons (Fsp3) is 0.735. The first-order valence-electron chi connectivity index (χ1n) is 16.7. The Hall–Kier alpha value is -3.85. The zero-order valence-electron chi connectivity index (χ0n) is 30.4. The van der Waals surface area contributed by atoms with Gasteiger partial charge in [-0.15, -0.1) is 10.1 Å². The molecule has 0 bridgehead atoms. The quantitative estimate of drug-likeness (QED) is 0.0571. The van der Waals surface area contributed by atoms with Crippen molar-refractivity contribution in [2.45, 2.75) is 85.8 Å². The van der Waals surface area contributed by atoms with Crippen LogP contribution in [-0.2, 0) is 35.1 Å². The van der Waals surface area contributed by atoms with Crippen molar-refractivity contribution in [2.24, 2.45) is 40.6 Å². The zero-order chi connectivity index (χ0) is 37.1. The summed E-state index contributed by atoms with van der Waals surface area (Å²) in [6, 6.07) is 5.11. The highest BCUT2D eigenvalue weighted by atomic mass is 16.9. The van der Waals surface area contributed by atoms with Crippen LogP contribution in [0.15, 0.2) is 18.2 Å². The van der Waals surface area contributed by atoms with Crippen molar-refractivity contribution in [1.82, 2.24) is 5.32 Å². The molecule has 0 radical (unpaired) electrons. The number of hydrogen-bond acceptors (Lipinski definition) is 12. The molecule has 0 aliphatic rings. The summed E-state index contributed by atoms with van der Waals surface area (Å²) in [6.07, 6.45) is 0.0646. The van der Waals surface area contributed by atoms with Crippen molar-refractivity contribution in [3.8, 4) is 11.5 Å². The molecule has 0 heterocycles. The Balaban J connectivity index is 3.20. The zero-order valence-corrected chi connectivity index (χ0v) is 30.4. The number of hydrogen-bond donors (Lipinski definition) is 3. The monoisotopic (exact) mass is 698 g/mol. The summed E-state index contributed by atoms with van der Waals surface area (Å²) < 4.78 is 27.5. The van der Waals surface area contributed by atoms with Crippen molar-refractivity contribution in [3.63, 3.8) is 0 Å². The molecule has 0 fully saturated rings. The van der Waals surface area contributed by atoms with Gasteiger partial charge in [-0.25, -0.2) is 4.79 Å². The van der Waals surface area contributed by atoms with Crippen LogP contribution in [0.25, 0.3) is 0 Å². The van der Waals surface area contributed by atoms with E-state index in [1.807, 2.05) is 32.0 Å². The molecule has 0 saturated heterocycles. The molecule has 4 atom stereocenters. The Morgan fingerprint density at radius 1 is 0.959 bits per heavy atom. The lowest BCUT2D eigenvalue weighted by molar-refractivity contribution is -0.757. The maximum Gasteiger partial charge on any atom is 0.508 e. The van der Waals surface area contributed by atoms with E-state index < -0.39 is 40.6 Å². The molecule has 0 aliphatic carbocycles. The number of methoxy groups -OCH3 is 2. The van der Waals surface area contributed by atoms with E-state index in [0.29, 0.717) is 37.6 Å². The average Bonchev–Trinajstić information content (AvgIpc) is 3.03. The molecule has 15 nitrogen and oxygen atoms in total. The van der Waals surface area contributed by atoms with Crippen LogP contribution in [0.3, 0.4) is 0 Å². The summed E-state index contributed by atoms with van der Waals surface area (Å²) in [4.78, 5) is 52.6. The van der Waals surface area contributed by atoms with Crippen LogP contribution in [-0.4, -0.2) is 82.4 Å². The van der Waals surface area contributed by atoms with E-state index in [4.69, 9.17) is 35.2 Å². The van der Waals surface area contributed by atoms with Gasteiger partial charge in [-0.05, 0) is 68.6 Å². The SMILES string of the molecule is COCCCOc1cc(CC(CC(N)C(CC(C(=O)NCC(C)(C)C(N)=O)C(C)C)OC(=O)OCCCO[N+](=O)[O-])C(C)C)ccc1OC. The maximum atomic E-state index is 13.4. The number of nitrogens with two attached hydrogens (primary N) is 2. The Morgan fingerprint density at radius 3 is 2.20 bits per heavy atom. The number of benzene rings is 1. The molecule has 0 saturated carbocycles. The van der Waals surface area contributed by atoms with E-state index in [1.54, 1.807) is 28.1 Å². The van der Waals surface area contributed by atoms with Gasteiger partial charge in [0.05, 0.1) is 32.3 Å². The number of primary amides is 1. The van der Waals surface area contributed by atoms with Gasteiger partial charge in [-0.3, -0.25) is 9.59 Å². The van der Waals surface area contributed by atoms with Crippen molar-refractivity contribution in [3.05, 3.63) is 33.9 Å². The second-order valence-corrected chi connectivity index (χ2v) is 13.5. The lowest BCUT2D eigenvalue weighted by atomic mass is 9.80. The number of carbonyl (C=O) groups excluding carboxylic acids is 3. The average molecular weight is 699 g/mol. The molecule has 280 valence electrons. The molecule has 1 rings (SSSR count). The maximum absolute atomic E-state index is 13.4. The van der Waals surface area contributed by atoms with Crippen molar-refractivity contribution >= 4 is 18.0 Å². The van der Waals surface area contributed by atoms with Crippen molar-refractivity contribution < 1.29 is 48.0 Å². The van der Waals surface area contributed by atoms with Gasteiger partial charge in [-0.1, -0.05) is 33.8 Å². The summed E-state index contributed by atoms with van der Waals surface area (Å²) in [7, 11) is 3.22. The fourth-order valence-corrected chi connectivity index (χ4v) is 5.02. The van der Waals surface area contributed by atoms with Gasteiger partial charge < -0.3 is 45.3 Å². The summed E-state index contributed by atoms with van der Waals surface area (Å²) in [5.74, 6) is -0.195. The molecule has 5 N–H and O–H groups in total. The Labute approximate surface area is 290 Å². The first-order chi connectivity index (χ1) is 23.0. The second kappa shape index (κ2) is 22.0. The standard InChI is InChI=1S/C34H58N4O11/c1-22(2)25(17-24-11-12-28(45-8)30(18-24)46-14-9-13-44-7)19-27(35)29(49-33(41)47-15-10-16-48-38(42)43)20-26(23(3)4)31(39)37-21-34(5,6)32(36)40/h11-12,18,22-23,25-27,29H,9-10,13-17,19-21,35H2,1-8H3,(H2,36,40)(H,37,39). The number of ether oxygens (including phenoxy) is 5. The predicted molar refractivity (Wildman–Crippen MR) is 182 cm³/mol. The molecule has 4 unspecified atom stereocenters. The topological polar surface area (TPSA) is 214 Å². The summed E-state index contributed by atoms with van der Waals surface area (Å²) in [6.45, 7) is 11.8. The number of amides is 2. The van der Waals surface area contributed by atoms with E-state index >= 15 is 0 Å². The molecule has 0 aromatic heterocycles. The number of carbonyl (C=O) groups is 3. The highest BCUT2D eigenvalue weighted by Gasteiger charge is 2.35. The predicted octanol–water partition coefficient (Wildman–Crippen LogP) is 4.05. The van der Waals surface area contributed by atoms with Gasteiger partial charge in [0.25, 0.3) is 5.09 Å². The van der Waals surface area contributed by atoms with E-state index in [1.165, 1.54) is 0 Å². The number of nitrogens with one attached hydrogen (secondary N) is 1. The van der Waals surface area contributed by atoms with Gasteiger partial charge in [0.2, 0.25) is 11.8 Å². The van der Waals surface area contributed by atoms with Gasteiger partial charge in [0, 0.05) is 45.1 Å². The smallest absolute Gasteiger partial charge is 0.493 e. The normalized spacial score (nSPS) is 14.0. The second-order valence-electron chi connectivity index (χ2n) is 13.5. The van der Waals surface area contributed by atoms with Crippen molar-refractivity contribution in [1.29, 1.82) is 0 Å². The van der Waals surface area contributed by atoms with E-state index in [2.05, 4.69) is 24.0 Å². The summed E-state index contributed by atoms with van der Waals surface area (Å²) in [5, 5.41) is 12.3. The van der Waals surface area contributed by atoms with Crippen LogP contribution >= 0.6 is 0 Å². The van der Waals surface area contributed by atoms with Crippen LogP contribution in [0.4, 0.5) is 4.79 Å². The minimum absolute atomic E-state index is 0.0333. The van der Waals surface area contributed by atoms with Gasteiger partial charge >= 0.3 is 6.16 Å². The van der Waals surface area contributed by atoms with Gasteiger partial charge in [0.15, 0.2) is 11.5 Å². The lowest BCUT2D eigenvalue weighted by Gasteiger charge is -2.32. The van der Waals surface area contributed by atoms with E-state index in [-0.39, 0.29) is 56.3 Å². The minimum Gasteiger partial charge on any atom is -0.493 e. The molecule has 0 aliphatic heterocycles. The molecule has 49 heavy (non-hydrogen) atoms. The van der Waals surface area contributed by atoms with Crippen molar-refractivity contribution in [2.75, 3.05) is 47.2 Å². The third-order valence-electron chi connectivity index (χ3n) is 8.42. The minimum atomic E-state index is -1.01. The Kier molecular flexibility index (Phi) is 19.4. The largest absolute Gasteiger partial charge is 0.508 e. The van der Waals surface area contributed by atoms with Crippen LogP contribution in [0.1, 0.15) is 72.8 Å². The molecular formula is C34H58N4O11. The van der Waals surface area contributed by atoms with Gasteiger partial charge in [-0.2, -0.15) is 0 Å². The summed E-state index contributed by atoms with van der Waals surface area (Å²) >= 11 is 0. The van der Waals surface area contributed by atoms with Crippen LogP contribution < -0.4 is 26.3 Å².